The average Bonchev–Trinajstić information content (AvgIpc) is 3.86. The highest BCUT2D eigenvalue weighted by Crippen LogP contribution is 2.59. The second kappa shape index (κ2) is 13.2. The molecular formula is C53H39BN2O3. The van der Waals surface area contributed by atoms with Crippen LogP contribution in [0.15, 0.2) is 167 Å². The van der Waals surface area contributed by atoms with Gasteiger partial charge in [-0.15, -0.1) is 0 Å². The van der Waals surface area contributed by atoms with E-state index in [9.17, 15) is 0 Å². The van der Waals surface area contributed by atoms with Crippen LogP contribution < -0.4 is 20.0 Å². The van der Waals surface area contributed by atoms with Crippen LogP contribution in [-0.4, -0.2) is 7.85 Å². The first-order valence-corrected chi connectivity index (χ1v) is 20.7. The molecule has 5 nitrogen and oxygen atoms in total. The quantitative estimate of drug-likeness (QED) is 0.151. The summed E-state index contributed by atoms with van der Waals surface area (Å²) in [6, 6.07) is 56.3. The van der Waals surface area contributed by atoms with E-state index in [0.717, 1.165) is 114 Å². The molecule has 2 aromatic heterocycles. The van der Waals surface area contributed by atoms with E-state index in [2.05, 4.69) is 170 Å². The maximum atomic E-state index is 6.89. The molecule has 0 spiro atoms. The van der Waals surface area contributed by atoms with Crippen molar-refractivity contribution in [1.82, 2.24) is 0 Å². The molecule has 2 aliphatic heterocycles. The molecule has 0 N–H and O–H groups in total. The molecule has 0 saturated carbocycles. The van der Waals surface area contributed by atoms with Crippen LogP contribution in [0.3, 0.4) is 0 Å². The fourth-order valence-electron chi connectivity index (χ4n) is 9.75. The summed E-state index contributed by atoms with van der Waals surface area (Å²) in [6.07, 6.45) is 3.31. The van der Waals surface area contributed by atoms with Crippen molar-refractivity contribution >= 4 is 85.6 Å². The third kappa shape index (κ3) is 5.12. The highest BCUT2D eigenvalue weighted by molar-refractivity contribution is 6.45. The molecule has 2 aliphatic rings. The molecular weight excluding hydrogens is 723 g/mol. The van der Waals surface area contributed by atoms with Crippen molar-refractivity contribution in [3.63, 3.8) is 0 Å². The first-order valence-electron chi connectivity index (χ1n) is 20.7. The molecule has 6 heteroatoms. The number of unbranched alkanes of at least 4 members (excludes halogenated alkanes) is 1. The van der Waals surface area contributed by atoms with Crippen LogP contribution in [-0.2, 0) is 13.0 Å². The number of benzene rings is 8. The third-order valence-corrected chi connectivity index (χ3v) is 12.4. The van der Waals surface area contributed by atoms with E-state index in [1.54, 1.807) is 0 Å². The van der Waals surface area contributed by atoms with Gasteiger partial charge < -0.3 is 23.4 Å². The van der Waals surface area contributed by atoms with Gasteiger partial charge in [0, 0.05) is 55.6 Å². The molecule has 8 aromatic carbocycles. The van der Waals surface area contributed by atoms with Crippen LogP contribution in [0.2, 0.25) is 0 Å². The van der Waals surface area contributed by atoms with Gasteiger partial charge >= 0.3 is 0 Å². The zero-order valence-electron chi connectivity index (χ0n) is 33.0. The van der Waals surface area contributed by atoms with Crippen LogP contribution in [0.5, 0.6) is 11.5 Å². The molecule has 0 unspecified atom stereocenters. The normalized spacial score (nSPS) is 12.8. The minimum Gasteiger partial charge on any atom is -0.456 e. The molecule has 0 radical (unpaired) electrons. The summed E-state index contributed by atoms with van der Waals surface area (Å²) in [5.41, 5.74) is 17.3. The first-order chi connectivity index (χ1) is 29.1. The zero-order valence-corrected chi connectivity index (χ0v) is 33.0. The van der Waals surface area contributed by atoms with Gasteiger partial charge in [0.05, 0.1) is 29.3 Å². The van der Waals surface area contributed by atoms with Crippen molar-refractivity contribution in [3.05, 3.63) is 169 Å². The predicted molar refractivity (Wildman–Crippen MR) is 246 cm³/mol. The Kier molecular flexibility index (Phi) is 7.58. The summed E-state index contributed by atoms with van der Waals surface area (Å²) in [5.74, 6) is 1.72. The Bertz CT molecular complexity index is 3310. The minimum absolute atomic E-state index is 0.631. The molecule has 0 amide bonds. The molecule has 0 aliphatic carbocycles. The SMILES string of the molecule is Bc1c(N(c2ccc(CCCC)cc2-c2ccccc2)c2cc3oc4ccccc4c3c3c2CN2c4ccccc4Oc4cccc-3c42)ccc2oc3ccccc3c12. The number of rotatable bonds is 7. The van der Waals surface area contributed by atoms with Gasteiger partial charge in [0.15, 0.2) is 11.5 Å². The van der Waals surface area contributed by atoms with Gasteiger partial charge in [0.2, 0.25) is 0 Å². The lowest BCUT2D eigenvalue weighted by atomic mass is 9.85. The summed E-state index contributed by atoms with van der Waals surface area (Å²) in [4.78, 5) is 4.96. The fraction of sp³-hybridized carbons (Fsp3) is 0.0943. The van der Waals surface area contributed by atoms with Gasteiger partial charge in [0.1, 0.15) is 30.2 Å². The summed E-state index contributed by atoms with van der Waals surface area (Å²) in [6.45, 7) is 2.89. The third-order valence-electron chi connectivity index (χ3n) is 12.4. The number of aryl methyl sites for hydroxylation is 1. The number of para-hydroxylation sites is 5. The zero-order chi connectivity index (χ0) is 39.2. The van der Waals surface area contributed by atoms with Crippen molar-refractivity contribution in [2.75, 3.05) is 9.80 Å². The van der Waals surface area contributed by atoms with Crippen LogP contribution in [0.4, 0.5) is 28.4 Å². The summed E-state index contributed by atoms with van der Waals surface area (Å²) in [7, 11) is 2.25. The lowest BCUT2D eigenvalue weighted by Crippen LogP contribution is -2.28. The van der Waals surface area contributed by atoms with Crippen LogP contribution in [0.1, 0.15) is 30.9 Å². The van der Waals surface area contributed by atoms with E-state index in [-0.39, 0.29) is 0 Å². The van der Waals surface area contributed by atoms with Crippen molar-refractivity contribution in [2.24, 2.45) is 0 Å². The molecule has 282 valence electrons. The summed E-state index contributed by atoms with van der Waals surface area (Å²) >= 11 is 0. The predicted octanol–water partition coefficient (Wildman–Crippen LogP) is 13.6. The highest BCUT2D eigenvalue weighted by atomic mass is 16.5. The number of fused-ring (bicyclic) bond motifs is 11. The largest absolute Gasteiger partial charge is 0.456 e. The minimum atomic E-state index is 0.631. The maximum Gasteiger partial charge on any atom is 0.151 e. The average molecular weight is 763 g/mol. The number of hydrogen-bond acceptors (Lipinski definition) is 5. The van der Waals surface area contributed by atoms with E-state index in [0.29, 0.717) is 6.54 Å². The van der Waals surface area contributed by atoms with Crippen molar-refractivity contribution in [3.8, 4) is 33.8 Å². The van der Waals surface area contributed by atoms with E-state index >= 15 is 0 Å². The molecule has 0 fully saturated rings. The van der Waals surface area contributed by atoms with E-state index in [1.807, 2.05) is 12.1 Å². The number of hydrogen-bond donors (Lipinski definition) is 0. The highest BCUT2D eigenvalue weighted by Gasteiger charge is 2.37. The molecule has 0 bridgehead atoms. The Morgan fingerprint density at radius 1 is 0.593 bits per heavy atom. The van der Waals surface area contributed by atoms with Gasteiger partial charge in [-0.1, -0.05) is 116 Å². The van der Waals surface area contributed by atoms with Gasteiger partial charge in [-0.2, -0.15) is 0 Å². The second-order valence-electron chi connectivity index (χ2n) is 15.9. The van der Waals surface area contributed by atoms with Crippen molar-refractivity contribution in [1.29, 1.82) is 0 Å². The Hall–Kier alpha value is -7.18. The van der Waals surface area contributed by atoms with Gasteiger partial charge in [-0.3, -0.25) is 0 Å². The molecule has 0 atom stereocenters. The lowest BCUT2D eigenvalue weighted by molar-refractivity contribution is 0.472. The first kappa shape index (κ1) is 33.9. The Morgan fingerprint density at radius 2 is 1.31 bits per heavy atom. The van der Waals surface area contributed by atoms with E-state index in [4.69, 9.17) is 13.6 Å². The Balaban J connectivity index is 1.22. The second-order valence-corrected chi connectivity index (χ2v) is 15.9. The number of ether oxygens (including phenoxy) is 1. The smallest absolute Gasteiger partial charge is 0.151 e. The standard InChI is InChI=1S/C53H39BN2O3/c1-2-3-14-32-25-26-39(37(29-32)33-15-5-4-6-16-33)56(41-27-28-46-51(52(41)54)35-18-8-11-22-44(35)57-46)42-30-48-50(34-17-7-10-21-43(34)58-48)49-36-19-13-24-47-53(36)55(31-38(42)49)40-20-9-12-23-45(40)59-47/h4-13,15-30H,2-3,14,31,54H2,1H3. The van der Waals surface area contributed by atoms with Gasteiger partial charge in [0.25, 0.3) is 0 Å². The summed E-state index contributed by atoms with van der Waals surface area (Å²) < 4.78 is 20.0. The van der Waals surface area contributed by atoms with Gasteiger partial charge in [-0.25, -0.2) is 0 Å². The number of nitrogens with zero attached hydrogens (tertiary/aromatic N) is 2. The topological polar surface area (TPSA) is 42.0 Å². The van der Waals surface area contributed by atoms with E-state index in [1.165, 1.54) is 27.8 Å². The molecule has 4 heterocycles. The van der Waals surface area contributed by atoms with Crippen molar-refractivity contribution < 1.29 is 13.6 Å². The van der Waals surface area contributed by atoms with Crippen LogP contribution in [0.25, 0.3) is 66.1 Å². The Morgan fingerprint density at radius 3 is 2.14 bits per heavy atom. The number of anilines is 5. The van der Waals surface area contributed by atoms with Gasteiger partial charge in [-0.05, 0) is 78.6 Å². The molecule has 0 saturated heterocycles. The fourth-order valence-corrected chi connectivity index (χ4v) is 9.75. The lowest BCUT2D eigenvalue weighted by Gasteiger charge is -2.40. The monoisotopic (exact) mass is 762 g/mol. The maximum absolute atomic E-state index is 6.89. The summed E-state index contributed by atoms with van der Waals surface area (Å²) in [5, 5.41) is 4.46. The van der Waals surface area contributed by atoms with Crippen LogP contribution in [0, 0.1) is 0 Å². The molecule has 10 aromatic rings. The van der Waals surface area contributed by atoms with E-state index < -0.39 is 0 Å². The Labute approximate surface area is 343 Å². The molecule has 59 heavy (non-hydrogen) atoms. The van der Waals surface area contributed by atoms with Crippen LogP contribution >= 0.6 is 0 Å². The molecule has 12 rings (SSSR count). The van der Waals surface area contributed by atoms with Crippen molar-refractivity contribution in [2.45, 2.75) is 32.7 Å². The number of furan rings is 2.